The molecule has 1 aromatic rings. The van der Waals surface area contributed by atoms with E-state index in [1.807, 2.05) is 57.2 Å². The molecule has 2 amide bonds. The Morgan fingerprint density at radius 1 is 1.09 bits per heavy atom. The predicted octanol–water partition coefficient (Wildman–Crippen LogP) is 2.44. The molecular formula is C17H23N3O2. The molecule has 22 heavy (non-hydrogen) atoms. The molecule has 1 aromatic carbocycles. The summed E-state index contributed by atoms with van der Waals surface area (Å²) >= 11 is 0. The standard InChI is InChI=1S/C17H23N3O2/c1-4-19(5-2)16(21)12-14(13-18)17(22)20(6-3)15-10-8-7-9-11-15/h7-11,14H,4-6,12H2,1-3H3. The van der Waals surface area contributed by atoms with Crippen molar-refractivity contribution in [2.45, 2.75) is 27.2 Å². The van der Waals surface area contributed by atoms with Gasteiger partial charge in [0.1, 0.15) is 5.92 Å². The van der Waals surface area contributed by atoms with Crippen LogP contribution in [0.3, 0.4) is 0 Å². The first-order valence-corrected chi connectivity index (χ1v) is 7.62. The lowest BCUT2D eigenvalue weighted by molar-refractivity contribution is -0.134. The van der Waals surface area contributed by atoms with E-state index in [-0.39, 0.29) is 18.2 Å². The van der Waals surface area contributed by atoms with Gasteiger partial charge in [-0.25, -0.2) is 0 Å². The summed E-state index contributed by atoms with van der Waals surface area (Å²) in [7, 11) is 0. The molecule has 0 radical (unpaired) electrons. The van der Waals surface area contributed by atoms with Gasteiger partial charge in [-0.2, -0.15) is 5.26 Å². The van der Waals surface area contributed by atoms with Gasteiger partial charge < -0.3 is 9.80 Å². The fraction of sp³-hybridized carbons (Fsp3) is 0.471. The van der Waals surface area contributed by atoms with Crippen molar-refractivity contribution in [3.8, 4) is 6.07 Å². The van der Waals surface area contributed by atoms with E-state index in [2.05, 4.69) is 0 Å². The predicted molar refractivity (Wildman–Crippen MR) is 86.1 cm³/mol. The average molecular weight is 301 g/mol. The van der Waals surface area contributed by atoms with Crippen LogP contribution in [0.1, 0.15) is 27.2 Å². The van der Waals surface area contributed by atoms with Crippen LogP contribution in [-0.4, -0.2) is 36.3 Å². The number of amides is 2. The molecule has 0 saturated carbocycles. The van der Waals surface area contributed by atoms with Gasteiger partial charge in [0, 0.05) is 25.3 Å². The topological polar surface area (TPSA) is 64.4 Å². The molecule has 5 heteroatoms. The molecule has 0 aliphatic heterocycles. The maximum absolute atomic E-state index is 12.6. The fourth-order valence-electron chi connectivity index (χ4n) is 2.33. The number of carbonyl (C=O) groups is 2. The molecule has 0 spiro atoms. The second-order valence-corrected chi connectivity index (χ2v) is 4.87. The molecule has 118 valence electrons. The van der Waals surface area contributed by atoms with E-state index in [9.17, 15) is 14.9 Å². The third-order valence-corrected chi connectivity index (χ3v) is 3.60. The van der Waals surface area contributed by atoms with Crippen LogP contribution in [0.5, 0.6) is 0 Å². The molecule has 0 N–H and O–H groups in total. The number of para-hydroxylation sites is 1. The van der Waals surface area contributed by atoms with Gasteiger partial charge in [-0.1, -0.05) is 18.2 Å². The van der Waals surface area contributed by atoms with Crippen LogP contribution in [0, 0.1) is 17.2 Å². The van der Waals surface area contributed by atoms with E-state index < -0.39 is 5.92 Å². The van der Waals surface area contributed by atoms with Crippen molar-refractivity contribution in [2.24, 2.45) is 5.92 Å². The van der Waals surface area contributed by atoms with Crippen molar-refractivity contribution in [1.82, 2.24) is 4.90 Å². The monoisotopic (exact) mass is 301 g/mol. The molecule has 1 atom stereocenters. The van der Waals surface area contributed by atoms with E-state index >= 15 is 0 Å². The molecule has 0 bridgehead atoms. The number of benzene rings is 1. The van der Waals surface area contributed by atoms with E-state index in [4.69, 9.17) is 0 Å². The number of anilines is 1. The second-order valence-electron chi connectivity index (χ2n) is 4.87. The summed E-state index contributed by atoms with van der Waals surface area (Å²) in [4.78, 5) is 27.9. The number of nitrogens with zero attached hydrogens (tertiary/aromatic N) is 3. The first kappa shape index (κ1) is 17.7. The normalized spacial score (nSPS) is 11.4. The van der Waals surface area contributed by atoms with E-state index in [1.54, 1.807) is 9.80 Å². The lowest BCUT2D eigenvalue weighted by Crippen LogP contribution is -2.39. The summed E-state index contributed by atoms with van der Waals surface area (Å²) in [5.74, 6) is -1.43. The molecule has 1 unspecified atom stereocenters. The highest BCUT2D eigenvalue weighted by molar-refractivity contribution is 5.98. The van der Waals surface area contributed by atoms with Crippen LogP contribution >= 0.6 is 0 Å². The molecule has 0 fully saturated rings. The molecule has 0 heterocycles. The van der Waals surface area contributed by atoms with Gasteiger partial charge in [0.25, 0.3) is 0 Å². The van der Waals surface area contributed by atoms with Crippen molar-refractivity contribution in [3.05, 3.63) is 30.3 Å². The van der Waals surface area contributed by atoms with Crippen LogP contribution in [0.2, 0.25) is 0 Å². The average Bonchev–Trinajstić information content (AvgIpc) is 2.55. The highest BCUT2D eigenvalue weighted by Gasteiger charge is 2.28. The fourth-order valence-corrected chi connectivity index (χ4v) is 2.33. The molecule has 5 nitrogen and oxygen atoms in total. The maximum Gasteiger partial charge on any atom is 0.244 e. The Hall–Kier alpha value is -2.35. The minimum absolute atomic E-state index is 0.0691. The highest BCUT2D eigenvalue weighted by atomic mass is 16.2. The van der Waals surface area contributed by atoms with Gasteiger partial charge in [-0.3, -0.25) is 9.59 Å². The Balaban J connectivity index is 2.87. The summed E-state index contributed by atoms with van der Waals surface area (Å²) in [6.45, 7) is 7.24. The van der Waals surface area contributed by atoms with Gasteiger partial charge in [0.15, 0.2) is 0 Å². The second kappa shape index (κ2) is 8.83. The number of carbonyl (C=O) groups excluding carboxylic acids is 2. The lowest BCUT2D eigenvalue weighted by atomic mass is 10.0. The Morgan fingerprint density at radius 3 is 2.14 bits per heavy atom. The quantitative estimate of drug-likeness (QED) is 0.777. The lowest BCUT2D eigenvalue weighted by Gasteiger charge is -2.25. The van der Waals surface area contributed by atoms with Crippen molar-refractivity contribution < 1.29 is 9.59 Å². The van der Waals surface area contributed by atoms with Crippen LogP contribution in [-0.2, 0) is 9.59 Å². The Morgan fingerprint density at radius 2 is 1.68 bits per heavy atom. The highest BCUT2D eigenvalue weighted by Crippen LogP contribution is 2.18. The van der Waals surface area contributed by atoms with Crippen molar-refractivity contribution in [3.63, 3.8) is 0 Å². The van der Waals surface area contributed by atoms with Gasteiger partial charge in [-0.05, 0) is 32.9 Å². The summed E-state index contributed by atoms with van der Waals surface area (Å²) in [5, 5.41) is 9.30. The van der Waals surface area contributed by atoms with Gasteiger partial charge in [0.2, 0.25) is 11.8 Å². The van der Waals surface area contributed by atoms with Gasteiger partial charge in [-0.15, -0.1) is 0 Å². The summed E-state index contributed by atoms with van der Waals surface area (Å²) in [5.41, 5.74) is 0.741. The van der Waals surface area contributed by atoms with Crippen LogP contribution in [0.4, 0.5) is 5.69 Å². The zero-order valence-corrected chi connectivity index (χ0v) is 13.5. The SMILES string of the molecule is CCN(CC)C(=O)CC(C#N)C(=O)N(CC)c1ccccc1. The van der Waals surface area contributed by atoms with Crippen LogP contribution in [0.25, 0.3) is 0 Å². The molecular weight excluding hydrogens is 278 g/mol. The van der Waals surface area contributed by atoms with Gasteiger partial charge >= 0.3 is 0 Å². The first-order chi connectivity index (χ1) is 10.6. The number of hydrogen-bond acceptors (Lipinski definition) is 3. The molecule has 0 aliphatic rings. The van der Waals surface area contributed by atoms with Crippen molar-refractivity contribution in [2.75, 3.05) is 24.5 Å². The third kappa shape index (κ3) is 4.32. The smallest absolute Gasteiger partial charge is 0.244 e. The Labute approximate surface area is 132 Å². The van der Waals surface area contributed by atoms with Crippen molar-refractivity contribution in [1.29, 1.82) is 5.26 Å². The number of rotatable bonds is 7. The third-order valence-electron chi connectivity index (χ3n) is 3.60. The Kier molecular flexibility index (Phi) is 7.11. The van der Waals surface area contributed by atoms with Crippen LogP contribution < -0.4 is 4.90 Å². The Bertz CT molecular complexity index is 533. The number of nitriles is 1. The van der Waals surface area contributed by atoms with E-state index in [0.717, 1.165) is 5.69 Å². The minimum atomic E-state index is -0.951. The van der Waals surface area contributed by atoms with E-state index in [0.29, 0.717) is 19.6 Å². The summed E-state index contributed by atoms with van der Waals surface area (Å²) in [6.07, 6.45) is -0.0691. The molecule has 0 aliphatic carbocycles. The zero-order chi connectivity index (χ0) is 16.5. The molecule has 0 aromatic heterocycles. The summed E-state index contributed by atoms with van der Waals surface area (Å²) < 4.78 is 0. The molecule has 1 rings (SSSR count). The zero-order valence-electron chi connectivity index (χ0n) is 13.5. The molecule has 0 saturated heterocycles. The summed E-state index contributed by atoms with van der Waals surface area (Å²) in [6, 6.07) is 11.2. The van der Waals surface area contributed by atoms with E-state index in [1.165, 1.54) is 0 Å². The van der Waals surface area contributed by atoms with Crippen LogP contribution in [0.15, 0.2) is 30.3 Å². The maximum atomic E-state index is 12.6. The largest absolute Gasteiger partial charge is 0.343 e. The van der Waals surface area contributed by atoms with Gasteiger partial charge in [0.05, 0.1) is 12.5 Å². The first-order valence-electron chi connectivity index (χ1n) is 7.62. The van der Waals surface area contributed by atoms with Crippen molar-refractivity contribution >= 4 is 17.5 Å². The minimum Gasteiger partial charge on any atom is -0.343 e. The number of hydrogen-bond donors (Lipinski definition) is 0.